The van der Waals surface area contributed by atoms with E-state index in [4.69, 9.17) is 0 Å². The zero-order chi connectivity index (χ0) is 16.5. The molecular formula is C16H10N6O2. The standard InChI is InChI=1S/C16H10N6O2/c23-22(24)12-4-1-3-11(9-12)15-17-7-5-13(20-15)14-10-19-16-18-6-2-8-21(14)16/h1-10H. The van der Waals surface area contributed by atoms with Crippen LogP contribution in [0.5, 0.6) is 0 Å². The minimum atomic E-state index is -0.441. The summed E-state index contributed by atoms with van der Waals surface area (Å²) >= 11 is 0. The highest BCUT2D eigenvalue weighted by atomic mass is 16.6. The molecule has 0 aliphatic heterocycles. The van der Waals surface area contributed by atoms with Gasteiger partial charge < -0.3 is 0 Å². The quantitative estimate of drug-likeness (QED) is 0.425. The number of aromatic nitrogens is 5. The second-order valence-electron chi connectivity index (χ2n) is 5.01. The highest BCUT2D eigenvalue weighted by Gasteiger charge is 2.12. The zero-order valence-corrected chi connectivity index (χ0v) is 12.3. The van der Waals surface area contributed by atoms with Crippen LogP contribution in [-0.2, 0) is 0 Å². The maximum atomic E-state index is 10.9. The minimum Gasteiger partial charge on any atom is -0.282 e. The van der Waals surface area contributed by atoms with Crippen LogP contribution in [0, 0.1) is 10.1 Å². The lowest BCUT2D eigenvalue weighted by atomic mass is 10.2. The summed E-state index contributed by atoms with van der Waals surface area (Å²) in [5.74, 6) is 0.984. The lowest BCUT2D eigenvalue weighted by Gasteiger charge is -2.04. The highest BCUT2D eigenvalue weighted by molar-refractivity contribution is 5.64. The van der Waals surface area contributed by atoms with Gasteiger partial charge in [-0.15, -0.1) is 0 Å². The summed E-state index contributed by atoms with van der Waals surface area (Å²) in [6.07, 6.45) is 6.81. The summed E-state index contributed by atoms with van der Waals surface area (Å²) in [5, 5.41) is 10.9. The second-order valence-corrected chi connectivity index (χ2v) is 5.01. The van der Waals surface area contributed by atoms with Crippen LogP contribution >= 0.6 is 0 Å². The third-order valence-corrected chi connectivity index (χ3v) is 3.52. The van der Waals surface area contributed by atoms with Crippen molar-refractivity contribution in [1.82, 2.24) is 24.3 Å². The van der Waals surface area contributed by atoms with Crippen molar-refractivity contribution in [2.45, 2.75) is 0 Å². The number of nitro benzene ring substituents is 1. The molecule has 0 aliphatic rings. The van der Waals surface area contributed by atoms with E-state index in [1.165, 1.54) is 12.1 Å². The summed E-state index contributed by atoms with van der Waals surface area (Å²) < 4.78 is 1.82. The monoisotopic (exact) mass is 318 g/mol. The van der Waals surface area contributed by atoms with Gasteiger partial charge in [0.2, 0.25) is 5.78 Å². The van der Waals surface area contributed by atoms with Crippen LogP contribution in [0.2, 0.25) is 0 Å². The molecule has 0 radical (unpaired) electrons. The lowest BCUT2D eigenvalue weighted by molar-refractivity contribution is -0.384. The SMILES string of the molecule is O=[N+]([O-])c1cccc(-c2nccc(-c3cnc4ncccn34)n2)c1. The summed E-state index contributed by atoms with van der Waals surface area (Å²) in [4.78, 5) is 27.6. The predicted octanol–water partition coefficient (Wildman–Crippen LogP) is 2.76. The third kappa shape index (κ3) is 2.35. The number of imidazole rings is 1. The number of rotatable bonds is 3. The number of nitrogens with zero attached hydrogens (tertiary/aromatic N) is 6. The van der Waals surface area contributed by atoms with Gasteiger partial charge in [-0.25, -0.2) is 19.9 Å². The average Bonchev–Trinajstić information content (AvgIpc) is 3.06. The van der Waals surface area contributed by atoms with E-state index in [9.17, 15) is 10.1 Å². The van der Waals surface area contributed by atoms with Crippen LogP contribution in [-0.4, -0.2) is 29.3 Å². The molecule has 0 aliphatic carbocycles. The van der Waals surface area contributed by atoms with Gasteiger partial charge in [0.25, 0.3) is 5.69 Å². The molecule has 8 heteroatoms. The Kier molecular flexibility index (Phi) is 3.20. The molecule has 0 saturated heterocycles. The number of nitro groups is 1. The van der Waals surface area contributed by atoms with E-state index in [2.05, 4.69) is 19.9 Å². The first-order valence-corrected chi connectivity index (χ1v) is 7.09. The van der Waals surface area contributed by atoms with Crippen molar-refractivity contribution in [3.05, 3.63) is 71.3 Å². The van der Waals surface area contributed by atoms with Crippen molar-refractivity contribution in [1.29, 1.82) is 0 Å². The van der Waals surface area contributed by atoms with E-state index in [1.807, 2.05) is 10.6 Å². The number of hydrogen-bond donors (Lipinski definition) is 0. The molecule has 0 atom stereocenters. The highest BCUT2D eigenvalue weighted by Crippen LogP contribution is 2.24. The predicted molar refractivity (Wildman–Crippen MR) is 86.1 cm³/mol. The largest absolute Gasteiger partial charge is 0.282 e. The van der Waals surface area contributed by atoms with Crippen LogP contribution in [0.3, 0.4) is 0 Å². The summed E-state index contributed by atoms with van der Waals surface area (Å²) in [6.45, 7) is 0. The van der Waals surface area contributed by atoms with Gasteiger partial charge >= 0.3 is 0 Å². The Balaban J connectivity index is 1.82. The van der Waals surface area contributed by atoms with Gasteiger partial charge in [-0.3, -0.25) is 14.5 Å². The zero-order valence-electron chi connectivity index (χ0n) is 12.3. The van der Waals surface area contributed by atoms with Crippen molar-refractivity contribution in [3.8, 4) is 22.8 Å². The Bertz CT molecular complexity index is 1060. The van der Waals surface area contributed by atoms with Gasteiger partial charge in [0.15, 0.2) is 5.82 Å². The van der Waals surface area contributed by atoms with Gasteiger partial charge in [0, 0.05) is 36.3 Å². The van der Waals surface area contributed by atoms with E-state index < -0.39 is 4.92 Å². The molecule has 0 unspecified atom stereocenters. The molecule has 0 N–H and O–H groups in total. The van der Waals surface area contributed by atoms with Gasteiger partial charge in [0.1, 0.15) is 0 Å². The van der Waals surface area contributed by atoms with Crippen molar-refractivity contribution < 1.29 is 4.92 Å². The second kappa shape index (κ2) is 5.51. The molecule has 0 fully saturated rings. The number of benzene rings is 1. The van der Waals surface area contributed by atoms with Gasteiger partial charge in [-0.2, -0.15) is 0 Å². The molecule has 0 bridgehead atoms. The number of non-ortho nitro benzene ring substituents is 1. The summed E-state index contributed by atoms with van der Waals surface area (Å²) in [6, 6.07) is 9.81. The van der Waals surface area contributed by atoms with Crippen LogP contribution in [0.4, 0.5) is 5.69 Å². The summed E-state index contributed by atoms with van der Waals surface area (Å²) in [7, 11) is 0. The molecular weight excluding hydrogens is 308 g/mol. The summed E-state index contributed by atoms with van der Waals surface area (Å²) in [5.41, 5.74) is 2.01. The molecule has 0 amide bonds. The van der Waals surface area contributed by atoms with E-state index in [-0.39, 0.29) is 5.69 Å². The third-order valence-electron chi connectivity index (χ3n) is 3.52. The fraction of sp³-hybridized carbons (Fsp3) is 0. The first kappa shape index (κ1) is 13.9. The normalized spacial score (nSPS) is 10.8. The molecule has 0 saturated carbocycles. The molecule has 4 rings (SSSR count). The molecule has 24 heavy (non-hydrogen) atoms. The van der Waals surface area contributed by atoms with Crippen molar-refractivity contribution in [3.63, 3.8) is 0 Å². The Hall–Kier alpha value is -3.68. The molecule has 8 nitrogen and oxygen atoms in total. The lowest BCUT2D eigenvalue weighted by Crippen LogP contribution is -1.95. The van der Waals surface area contributed by atoms with Crippen LogP contribution in [0.25, 0.3) is 28.6 Å². The number of hydrogen-bond acceptors (Lipinski definition) is 6. The van der Waals surface area contributed by atoms with Gasteiger partial charge in [-0.05, 0) is 12.1 Å². The smallest absolute Gasteiger partial charge is 0.270 e. The van der Waals surface area contributed by atoms with Gasteiger partial charge in [-0.1, -0.05) is 12.1 Å². The fourth-order valence-corrected chi connectivity index (χ4v) is 2.42. The van der Waals surface area contributed by atoms with E-state index >= 15 is 0 Å². The Morgan fingerprint density at radius 3 is 2.83 bits per heavy atom. The van der Waals surface area contributed by atoms with Crippen LogP contribution in [0.15, 0.2) is 61.2 Å². The van der Waals surface area contributed by atoms with Crippen LogP contribution in [0.1, 0.15) is 0 Å². The van der Waals surface area contributed by atoms with Crippen molar-refractivity contribution in [2.24, 2.45) is 0 Å². The molecule has 3 aromatic heterocycles. The Morgan fingerprint density at radius 2 is 1.96 bits per heavy atom. The molecule has 1 aromatic carbocycles. The van der Waals surface area contributed by atoms with Crippen molar-refractivity contribution in [2.75, 3.05) is 0 Å². The molecule has 0 spiro atoms. The minimum absolute atomic E-state index is 0.000468. The maximum absolute atomic E-state index is 10.9. The molecule has 116 valence electrons. The average molecular weight is 318 g/mol. The van der Waals surface area contributed by atoms with E-state index in [0.29, 0.717) is 22.9 Å². The first-order valence-electron chi connectivity index (χ1n) is 7.09. The van der Waals surface area contributed by atoms with Crippen molar-refractivity contribution >= 4 is 11.5 Å². The fourth-order valence-electron chi connectivity index (χ4n) is 2.42. The van der Waals surface area contributed by atoms with Gasteiger partial charge in [0.05, 0.1) is 22.5 Å². The van der Waals surface area contributed by atoms with E-state index in [1.54, 1.807) is 42.9 Å². The van der Waals surface area contributed by atoms with Crippen LogP contribution < -0.4 is 0 Å². The van der Waals surface area contributed by atoms with E-state index in [0.717, 1.165) is 5.69 Å². The number of fused-ring (bicyclic) bond motifs is 1. The maximum Gasteiger partial charge on any atom is 0.270 e. The molecule has 3 heterocycles. The Morgan fingerprint density at radius 1 is 1.04 bits per heavy atom. The Labute approximate surface area is 135 Å². The first-order chi connectivity index (χ1) is 11.7. The topological polar surface area (TPSA) is 99.1 Å². The molecule has 4 aromatic rings.